The van der Waals surface area contributed by atoms with Crippen LogP contribution in [0, 0.1) is 11.6 Å². The van der Waals surface area contributed by atoms with E-state index in [0.29, 0.717) is 18.0 Å². The lowest BCUT2D eigenvalue weighted by atomic mass is 9.96. The summed E-state index contributed by atoms with van der Waals surface area (Å²) < 4.78 is 35.3. The van der Waals surface area contributed by atoms with E-state index in [2.05, 4.69) is 34.9 Å². The Morgan fingerprint density at radius 2 is 1.76 bits per heavy atom. The zero-order valence-electron chi connectivity index (χ0n) is 23.8. The molecule has 0 saturated heterocycles. The van der Waals surface area contributed by atoms with Gasteiger partial charge in [0, 0.05) is 30.1 Å². The molecule has 0 aliphatic heterocycles. The number of hydrogen-bond donors (Lipinski definition) is 4. The van der Waals surface area contributed by atoms with Crippen LogP contribution in [0.2, 0.25) is 25.7 Å². The Hall–Kier alpha value is -3.72. The number of rotatable bonds is 10. The number of carbonyl (C=O) groups is 2. The number of halogens is 2. The lowest BCUT2D eigenvalue weighted by Gasteiger charge is -2.18. The van der Waals surface area contributed by atoms with Crippen molar-refractivity contribution in [3.05, 3.63) is 75.6 Å². The molecular formula is C28H33F2N5O4S2Si. The second-order valence-electron chi connectivity index (χ2n) is 11.0. The van der Waals surface area contributed by atoms with Crippen LogP contribution >= 0.6 is 22.7 Å². The molecule has 0 saturated carbocycles. The first kappa shape index (κ1) is 32.8. The Morgan fingerprint density at radius 3 is 2.26 bits per heavy atom. The summed E-state index contributed by atoms with van der Waals surface area (Å²) in [5.41, 5.74) is 9.45. The fourth-order valence-electron chi connectivity index (χ4n) is 3.40. The minimum absolute atomic E-state index is 0.0603. The summed E-state index contributed by atoms with van der Waals surface area (Å²) in [7, 11) is -1.28. The fourth-order valence-corrected chi connectivity index (χ4v) is 5.88. The molecule has 224 valence electrons. The van der Waals surface area contributed by atoms with Crippen LogP contribution in [-0.2, 0) is 5.60 Å². The third kappa shape index (κ3) is 9.14. The molecule has 0 bridgehead atoms. The summed E-state index contributed by atoms with van der Waals surface area (Å²) in [4.78, 5) is 30.9. The highest BCUT2D eigenvalue weighted by Crippen LogP contribution is 2.40. The van der Waals surface area contributed by atoms with Crippen molar-refractivity contribution in [1.82, 2.24) is 9.97 Å². The van der Waals surface area contributed by atoms with E-state index in [-0.39, 0.29) is 38.5 Å². The number of nitrogens with one attached hydrogen (secondary N) is 1. The summed E-state index contributed by atoms with van der Waals surface area (Å²) in [6, 6.07) is 7.87. The number of aliphatic hydroxyl groups is 1. The normalized spacial score (nSPS) is 11.4. The van der Waals surface area contributed by atoms with Crippen LogP contribution < -0.4 is 21.5 Å². The third-order valence-corrected chi connectivity index (χ3v) is 9.21. The molecule has 0 radical (unpaired) electrons. The summed E-state index contributed by atoms with van der Waals surface area (Å²) in [5, 5.41) is 16.9. The second-order valence-corrected chi connectivity index (χ2v) is 18.4. The Labute approximate surface area is 251 Å². The Bertz CT molecular complexity index is 1530. The molecule has 9 nitrogen and oxygen atoms in total. The molecule has 0 unspecified atom stereocenters. The zero-order chi connectivity index (χ0) is 31.2. The van der Waals surface area contributed by atoms with Crippen LogP contribution in [-0.4, -0.2) is 41.6 Å². The maximum atomic E-state index is 14.8. The molecule has 1 aromatic carbocycles. The van der Waals surface area contributed by atoms with Gasteiger partial charge in [-0.15, -0.1) is 11.3 Å². The van der Waals surface area contributed by atoms with Gasteiger partial charge < -0.3 is 26.6 Å². The molecule has 6 N–H and O–H groups in total. The molecule has 0 aliphatic rings. The molecule has 4 rings (SSSR count). The second kappa shape index (κ2) is 13.5. The first-order valence-electron chi connectivity index (χ1n) is 12.8. The van der Waals surface area contributed by atoms with Crippen molar-refractivity contribution in [2.75, 3.05) is 11.9 Å². The van der Waals surface area contributed by atoms with E-state index in [0.717, 1.165) is 29.5 Å². The standard InChI is InChI=1S/C23H28F2N4O3SSi.C5H5NOS/c1-23(2,31)13-10-15(24)19(16(25)11-13)17-12-14(20(26)30)21(33-17)28-18-6-7-27-22(29-18)32-8-9-34(3,4)5;6-5(7)4-1-2-8-3-4/h6-7,10-12,31H,8-9H2,1-5H3,(H2,26,30)(H,27,28,29);1-3H,(H2,6,7). The van der Waals surface area contributed by atoms with Gasteiger partial charge in [0.15, 0.2) is 0 Å². The number of anilines is 2. The van der Waals surface area contributed by atoms with Crippen LogP contribution in [0.15, 0.2) is 47.3 Å². The van der Waals surface area contributed by atoms with Gasteiger partial charge in [0.05, 0.1) is 23.3 Å². The number of primary amides is 2. The topological polar surface area (TPSA) is 153 Å². The number of benzene rings is 1. The number of carbonyl (C=O) groups excluding carboxylic acids is 2. The van der Waals surface area contributed by atoms with E-state index >= 15 is 0 Å². The number of amides is 2. The minimum Gasteiger partial charge on any atom is -0.464 e. The van der Waals surface area contributed by atoms with Gasteiger partial charge in [0.1, 0.15) is 22.5 Å². The van der Waals surface area contributed by atoms with Crippen LogP contribution in [0.25, 0.3) is 10.4 Å². The summed E-state index contributed by atoms with van der Waals surface area (Å²) >= 11 is 2.42. The quantitative estimate of drug-likeness (QED) is 0.154. The van der Waals surface area contributed by atoms with Crippen LogP contribution in [0.5, 0.6) is 6.01 Å². The van der Waals surface area contributed by atoms with Gasteiger partial charge >= 0.3 is 6.01 Å². The fraction of sp³-hybridized carbons (Fsp3) is 0.286. The Morgan fingerprint density at radius 1 is 1.10 bits per heavy atom. The molecule has 4 aromatic rings. The molecule has 0 fully saturated rings. The Balaban J connectivity index is 0.000000521. The molecular weight excluding hydrogens is 601 g/mol. The summed E-state index contributed by atoms with van der Waals surface area (Å²) in [5.74, 6) is -2.50. The number of thiophene rings is 2. The number of ether oxygens (including phenoxy) is 1. The maximum Gasteiger partial charge on any atom is 0.318 e. The van der Waals surface area contributed by atoms with E-state index in [1.54, 1.807) is 17.5 Å². The average Bonchev–Trinajstić information content (AvgIpc) is 3.54. The summed E-state index contributed by atoms with van der Waals surface area (Å²) in [6.45, 7) is 10.1. The summed E-state index contributed by atoms with van der Waals surface area (Å²) in [6.07, 6.45) is 1.51. The van der Waals surface area contributed by atoms with Gasteiger partial charge in [-0.25, -0.2) is 13.8 Å². The molecule has 14 heteroatoms. The van der Waals surface area contributed by atoms with Crippen LogP contribution in [0.4, 0.5) is 19.6 Å². The third-order valence-electron chi connectivity index (χ3n) is 5.76. The number of aromatic nitrogens is 2. The first-order chi connectivity index (χ1) is 19.5. The zero-order valence-corrected chi connectivity index (χ0v) is 26.5. The minimum atomic E-state index is -1.41. The molecule has 3 aromatic heterocycles. The van der Waals surface area contributed by atoms with E-state index in [4.69, 9.17) is 16.2 Å². The van der Waals surface area contributed by atoms with Crippen molar-refractivity contribution in [2.24, 2.45) is 11.5 Å². The van der Waals surface area contributed by atoms with Gasteiger partial charge in [0.2, 0.25) is 5.91 Å². The molecule has 3 heterocycles. The van der Waals surface area contributed by atoms with Crippen molar-refractivity contribution in [2.45, 2.75) is 45.1 Å². The smallest absolute Gasteiger partial charge is 0.318 e. The predicted molar refractivity (Wildman–Crippen MR) is 165 cm³/mol. The lowest BCUT2D eigenvalue weighted by molar-refractivity contribution is 0.0778. The van der Waals surface area contributed by atoms with Crippen molar-refractivity contribution in [1.29, 1.82) is 0 Å². The van der Waals surface area contributed by atoms with Gasteiger partial charge in [-0.05, 0) is 61.2 Å². The van der Waals surface area contributed by atoms with Gasteiger partial charge in [-0.1, -0.05) is 19.6 Å². The van der Waals surface area contributed by atoms with Crippen molar-refractivity contribution >= 4 is 53.4 Å². The van der Waals surface area contributed by atoms with E-state index < -0.39 is 31.2 Å². The van der Waals surface area contributed by atoms with E-state index in [9.17, 15) is 23.5 Å². The highest BCUT2D eigenvalue weighted by Gasteiger charge is 2.24. The molecule has 0 atom stereocenters. The highest BCUT2D eigenvalue weighted by molar-refractivity contribution is 7.20. The number of hydrogen-bond acceptors (Lipinski definition) is 9. The van der Waals surface area contributed by atoms with Gasteiger partial charge in [0.25, 0.3) is 5.91 Å². The molecule has 0 spiro atoms. The number of nitrogens with two attached hydrogens (primary N) is 2. The van der Waals surface area contributed by atoms with Crippen LogP contribution in [0.1, 0.15) is 40.1 Å². The molecule has 2 amide bonds. The lowest BCUT2D eigenvalue weighted by Crippen LogP contribution is -2.22. The van der Waals surface area contributed by atoms with Crippen molar-refractivity contribution in [3.8, 4) is 16.5 Å². The van der Waals surface area contributed by atoms with Gasteiger partial charge in [-0.3, -0.25) is 9.59 Å². The van der Waals surface area contributed by atoms with Crippen LogP contribution in [0.3, 0.4) is 0 Å². The molecule has 0 aliphatic carbocycles. The van der Waals surface area contributed by atoms with Crippen molar-refractivity contribution < 1.29 is 28.2 Å². The van der Waals surface area contributed by atoms with Gasteiger partial charge in [-0.2, -0.15) is 16.3 Å². The number of nitrogens with zero attached hydrogens (tertiary/aromatic N) is 2. The monoisotopic (exact) mass is 633 g/mol. The van der Waals surface area contributed by atoms with E-state index in [1.807, 2.05) is 5.38 Å². The molecule has 42 heavy (non-hydrogen) atoms. The largest absolute Gasteiger partial charge is 0.464 e. The van der Waals surface area contributed by atoms with Crippen molar-refractivity contribution in [3.63, 3.8) is 0 Å². The average molecular weight is 634 g/mol. The predicted octanol–water partition coefficient (Wildman–Crippen LogP) is 6.12. The highest BCUT2D eigenvalue weighted by atomic mass is 32.1. The SMILES string of the molecule is CC(C)(O)c1cc(F)c(-c2cc(C(N)=O)c(Nc3ccnc(OCC[Si](C)(C)C)n3)s2)c(F)c1.NC(=O)c1ccsc1. The maximum absolute atomic E-state index is 14.8. The van der Waals surface area contributed by atoms with E-state index in [1.165, 1.54) is 37.4 Å². The first-order valence-corrected chi connectivity index (χ1v) is 18.2. The Kier molecular flexibility index (Phi) is 10.5.